The Labute approximate surface area is 108 Å². The predicted octanol–water partition coefficient (Wildman–Crippen LogP) is 2.03. The highest BCUT2D eigenvalue weighted by Crippen LogP contribution is 2.11. The van der Waals surface area contributed by atoms with Gasteiger partial charge >= 0.3 is 0 Å². The lowest BCUT2D eigenvalue weighted by atomic mass is 10.1. The molecule has 0 aliphatic heterocycles. The number of nitrogens with zero attached hydrogens (tertiary/aromatic N) is 1. The van der Waals surface area contributed by atoms with E-state index in [9.17, 15) is 4.79 Å². The molecular formula is C12H12BrN3O. The van der Waals surface area contributed by atoms with E-state index in [-0.39, 0.29) is 5.91 Å². The second-order valence-corrected chi connectivity index (χ2v) is 4.53. The fraction of sp³-hybridized carbons (Fsp3) is 0.167. The molecule has 0 saturated carbocycles. The summed E-state index contributed by atoms with van der Waals surface area (Å²) >= 11 is 3.38. The predicted molar refractivity (Wildman–Crippen MR) is 68.3 cm³/mol. The minimum atomic E-state index is -0.0144. The summed E-state index contributed by atoms with van der Waals surface area (Å²) in [5.74, 6) is 0.743. The van der Waals surface area contributed by atoms with Gasteiger partial charge in [-0.15, -0.1) is 0 Å². The Morgan fingerprint density at radius 3 is 3.06 bits per heavy atom. The third kappa shape index (κ3) is 3.71. The normalized spacial score (nSPS) is 10.2. The average Bonchev–Trinajstić information content (AvgIpc) is 2.79. The van der Waals surface area contributed by atoms with Crippen LogP contribution in [0.1, 0.15) is 11.4 Å². The highest BCUT2D eigenvalue weighted by atomic mass is 79.9. The van der Waals surface area contributed by atoms with Gasteiger partial charge in [0.2, 0.25) is 5.91 Å². The Balaban J connectivity index is 1.85. The van der Waals surface area contributed by atoms with Crippen LogP contribution in [0.15, 0.2) is 41.1 Å². The molecule has 4 nitrogen and oxygen atoms in total. The molecule has 1 heterocycles. The molecule has 5 heteroatoms. The summed E-state index contributed by atoms with van der Waals surface area (Å²) in [6, 6.07) is 7.72. The number of aromatic nitrogens is 2. The first-order chi connectivity index (χ1) is 8.24. The van der Waals surface area contributed by atoms with Gasteiger partial charge in [0, 0.05) is 16.9 Å². The summed E-state index contributed by atoms with van der Waals surface area (Å²) in [7, 11) is 0. The van der Waals surface area contributed by atoms with Crippen molar-refractivity contribution in [1.29, 1.82) is 0 Å². The van der Waals surface area contributed by atoms with E-state index in [1.165, 1.54) is 0 Å². The topological polar surface area (TPSA) is 57.8 Å². The van der Waals surface area contributed by atoms with Gasteiger partial charge in [-0.25, -0.2) is 4.98 Å². The first-order valence-electron chi connectivity index (χ1n) is 5.23. The molecule has 88 valence electrons. The van der Waals surface area contributed by atoms with Crippen molar-refractivity contribution in [2.75, 3.05) is 0 Å². The number of halogens is 1. The van der Waals surface area contributed by atoms with Crippen molar-refractivity contribution < 1.29 is 4.79 Å². The quantitative estimate of drug-likeness (QED) is 0.906. The van der Waals surface area contributed by atoms with Crippen molar-refractivity contribution in [2.45, 2.75) is 13.0 Å². The van der Waals surface area contributed by atoms with Gasteiger partial charge in [-0.3, -0.25) is 4.79 Å². The zero-order valence-electron chi connectivity index (χ0n) is 9.11. The summed E-state index contributed by atoms with van der Waals surface area (Å²) in [6.45, 7) is 0.430. The Morgan fingerprint density at radius 2 is 2.35 bits per heavy atom. The number of hydrogen-bond donors (Lipinski definition) is 2. The maximum absolute atomic E-state index is 11.7. The van der Waals surface area contributed by atoms with Crippen molar-refractivity contribution in [1.82, 2.24) is 15.3 Å². The molecule has 0 fully saturated rings. The van der Waals surface area contributed by atoms with Gasteiger partial charge in [-0.05, 0) is 17.7 Å². The van der Waals surface area contributed by atoms with Gasteiger partial charge in [0.25, 0.3) is 0 Å². The fourth-order valence-electron chi connectivity index (χ4n) is 1.47. The number of imidazole rings is 1. The van der Waals surface area contributed by atoms with Crippen LogP contribution in [0.3, 0.4) is 0 Å². The third-order valence-electron chi connectivity index (χ3n) is 2.26. The van der Waals surface area contributed by atoms with Crippen molar-refractivity contribution in [3.05, 3.63) is 52.5 Å². The highest BCUT2D eigenvalue weighted by molar-refractivity contribution is 9.10. The SMILES string of the molecule is O=C(Cc1cccc(Br)c1)NCc1ncc[nH]1. The van der Waals surface area contributed by atoms with Gasteiger partial charge in [-0.2, -0.15) is 0 Å². The van der Waals surface area contributed by atoms with Crippen LogP contribution in [0.4, 0.5) is 0 Å². The molecule has 2 rings (SSSR count). The number of carbonyl (C=O) groups is 1. The third-order valence-corrected chi connectivity index (χ3v) is 2.75. The van der Waals surface area contributed by atoms with E-state index in [1.807, 2.05) is 24.3 Å². The number of H-pyrrole nitrogens is 1. The number of amides is 1. The summed E-state index contributed by atoms with van der Waals surface area (Å²) in [4.78, 5) is 18.6. The standard InChI is InChI=1S/C12H12BrN3O/c13-10-3-1-2-9(6-10)7-12(17)16-8-11-14-4-5-15-11/h1-6H,7-8H2,(H,14,15)(H,16,17). The fourth-order valence-corrected chi connectivity index (χ4v) is 1.92. The number of hydrogen-bond acceptors (Lipinski definition) is 2. The maximum atomic E-state index is 11.7. The van der Waals surface area contributed by atoms with Crippen LogP contribution in [0.25, 0.3) is 0 Å². The second kappa shape index (κ2) is 5.63. The Kier molecular flexibility index (Phi) is 3.93. The van der Waals surface area contributed by atoms with Gasteiger partial charge in [-0.1, -0.05) is 28.1 Å². The second-order valence-electron chi connectivity index (χ2n) is 3.62. The number of benzene rings is 1. The monoisotopic (exact) mass is 293 g/mol. The van der Waals surface area contributed by atoms with Crippen LogP contribution in [-0.4, -0.2) is 15.9 Å². The zero-order valence-corrected chi connectivity index (χ0v) is 10.7. The van der Waals surface area contributed by atoms with E-state index < -0.39 is 0 Å². The Hall–Kier alpha value is -1.62. The maximum Gasteiger partial charge on any atom is 0.224 e. The molecule has 2 aromatic rings. The van der Waals surface area contributed by atoms with Crippen LogP contribution < -0.4 is 5.32 Å². The lowest BCUT2D eigenvalue weighted by Crippen LogP contribution is -2.25. The molecule has 0 bridgehead atoms. The molecule has 2 N–H and O–H groups in total. The van der Waals surface area contributed by atoms with Gasteiger partial charge in [0.15, 0.2) is 0 Å². The molecule has 0 atom stereocenters. The first-order valence-corrected chi connectivity index (χ1v) is 6.03. The Morgan fingerprint density at radius 1 is 1.47 bits per heavy atom. The molecular weight excluding hydrogens is 282 g/mol. The first kappa shape index (κ1) is 11.9. The number of nitrogens with one attached hydrogen (secondary N) is 2. The molecule has 0 unspecified atom stereocenters. The van der Waals surface area contributed by atoms with Gasteiger partial charge in [0.1, 0.15) is 5.82 Å². The molecule has 1 aromatic carbocycles. The van der Waals surface area contributed by atoms with Crippen molar-refractivity contribution in [3.63, 3.8) is 0 Å². The van der Waals surface area contributed by atoms with Crippen LogP contribution in [0.2, 0.25) is 0 Å². The summed E-state index contributed by atoms with van der Waals surface area (Å²) in [5.41, 5.74) is 0.983. The largest absolute Gasteiger partial charge is 0.349 e. The van der Waals surface area contributed by atoms with Crippen molar-refractivity contribution in [2.24, 2.45) is 0 Å². The molecule has 0 aliphatic rings. The molecule has 0 radical (unpaired) electrons. The van der Waals surface area contributed by atoms with E-state index in [1.54, 1.807) is 12.4 Å². The molecule has 17 heavy (non-hydrogen) atoms. The van der Waals surface area contributed by atoms with Gasteiger partial charge in [0.05, 0.1) is 13.0 Å². The van der Waals surface area contributed by atoms with E-state index in [4.69, 9.17) is 0 Å². The summed E-state index contributed by atoms with van der Waals surface area (Å²) in [6.07, 6.45) is 3.77. The number of carbonyl (C=O) groups excluding carboxylic acids is 1. The van der Waals surface area contributed by atoms with E-state index in [0.29, 0.717) is 13.0 Å². The average molecular weight is 294 g/mol. The van der Waals surface area contributed by atoms with Crippen LogP contribution >= 0.6 is 15.9 Å². The molecule has 1 aromatic heterocycles. The minimum absolute atomic E-state index is 0.0144. The lowest BCUT2D eigenvalue weighted by molar-refractivity contribution is -0.120. The van der Waals surface area contributed by atoms with Crippen molar-refractivity contribution >= 4 is 21.8 Å². The van der Waals surface area contributed by atoms with Gasteiger partial charge < -0.3 is 10.3 Å². The van der Waals surface area contributed by atoms with Crippen LogP contribution in [0.5, 0.6) is 0 Å². The van der Waals surface area contributed by atoms with E-state index in [0.717, 1.165) is 15.9 Å². The number of rotatable bonds is 4. The van der Waals surface area contributed by atoms with Crippen molar-refractivity contribution in [3.8, 4) is 0 Å². The summed E-state index contributed by atoms with van der Waals surface area (Å²) in [5, 5.41) is 2.81. The lowest BCUT2D eigenvalue weighted by Gasteiger charge is -2.03. The smallest absolute Gasteiger partial charge is 0.224 e. The van der Waals surface area contributed by atoms with Crippen LogP contribution in [0, 0.1) is 0 Å². The minimum Gasteiger partial charge on any atom is -0.349 e. The molecule has 0 saturated heterocycles. The van der Waals surface area contributed by atoms with E-state index in [2.05, 4.69) is 31.2 Å². The van der Waals surface area contributed by atoms with Crippen LogP contribution in [-0.2, 0) is 17.8 Å². The summed E-state index contributed by atoms with van der Waals surface area (Å²) < 4.78 is 0.980. The Bertz CT molecular complexity index is 496. The highest BCUT2D eigenvalue weighted by Gasteiger charge is 2.04. The molecule has 0 spiro atoms. The molecule has 0 aliphatic carbocycles. The zero-order chi connectivity index (χ0) is 12.1. The molecule has 1 amide bonds. The van der Waals surface area contributed by atoms with E-state index >= 15 is 0 Å². The number of aromatic amines is 1.